The Morgan fingerprint density at radius 2 is 1.98 bits per heavy atom. The topological polar surface area (TPSA) is 108 Å². The van der Waals surface area contributed by atoms with Crippen molar-refractivity contribution in [2.45, 2.75) is 88.0 Å². The van der Waals surface area contributed by atoms with Gasteiger partial charge in [0.25, 0.3) is 5.91 Å². The van der Waals surface area contributed by atoms with Crippen LogP contribution >= 0.6 is 11.6 Å². The molecule has 2 N–H and O–H groups in total. The number of benzene rings is 2. The zero-order chi connectivity index (χ0) is 32.2. The molecule has 7 rings (SSSR count). The number of anilines is 1. The van der Waals surface area contributed by atoms with Crippen LogP contribution in [0.4, 0.5) is 5.69 Å². The number of amides is 1. The Morgan fingerprint density at radius 1 is 1.15 bits per heavy atom. The molecule has 1 unspecified atom stereocenters. The molecule has 46 heavy (non-hydrogen) atoms. The van der Waals surface area contributed by atoms with Gasteiger partial charge in [0.15, 0.2) is 0 Å². The predicted octanol–water partition coefficient (Wildman–Crippen LogP) is 5.00. The van der Waals surface area contributed by atoms with E-state index in [1.54, 1.807) is 25.3 Å². The maximum Gasteiger partial charge on any atom is 0.304 e. The van der Waals surface area contributed by atoms with E-state index < -0.39 is 28.3 Å². The molecule has 1 amide bonds. The largest absolute Gasteiger partial charge is 0.490 e. The smallest absolute Gasteiger partial charge is 0.304 e. The molecular weight excluding hydrogens is 626 g/mol. The number of aryl methyl sites for hydroxylation is 1. The van der Waals surface area contributed by atoms with E-state index in [0.29, 0.717) is 44.7 Å². The average molecular weight is 670 g/mol. The summed E-state index contributed by atoms with van der Waals surface area (Å²) in [7, 11) is -2.56. The summed E-state index contributed by atoms with van der Waals surface area (Å²) in [5.74, 6) is 0.362. The summed E-state index contributed by atoms with van der Waals surface area (Å²) in [4.78, 5) is 16.0. The second-order valence-corrected chi connectivity index (χ2v) is 16.1. The lowest BCUT2D eigenvalue weighted by molar-refractivity contribution is -0.0110. The quantitative estimate of drug-likeness (QED) is 0.433. The van der Waals surface area contributed by atoms with E-state index in [1.165, 1.54) is 15.4 Å². The van der Waals surface area contributed by atoms with Crippen molar-refractivity contribution in [3.63, 3.8) is 0 Å². The van der Waals surface area contributed by atoms with Crippen LogP contribution in [0, 0.1) is 11.8 Å². The van der Waals surface area contributed by atoms with E-state index in [2.05, 4.69) is 21.8 Å². The van der Waals surface area contributed by atoms with Crippen LogP contribution in [-0.4, -0.2) is 74.8 Å². The first-order valence-electron chi connectivity index (χ1n) is 16.6. The van der Waals surface area contributed by atoms with Crippen molar-refractivity contribution in [3.05, 3.63) is 70.3 Å². The number of aliphatic hydroxyl groups excluding tert-OH is 1. The molecule has 248 valence electrons. The number of halogens is 1. The third-order valence-corrected chi connectivity index (χ3v) is 13.1. The van der Waals surface area contributed by atoms with Crippen molar-refractivity contribution in [2.24, 2.45) is 11.8 Å². The first kappa shape index (κ1) is 31.9. The van der Waals surface area contributed by atoms with Gasteiger partial charge in [-0.15, -0.1) is 0 Å². The first-order valence-corrected chi connectivity index (χ1v) is 18.4. The molecule has 5 aliphatic rings. The van der Waals surface area contributed by atoms with Gasteiger partial charge in [-0.05, 0) is 112 Å². The normalized spacial score (nSPS) is 35.0. The van der Waals surface area contributed by atoms with Gasteiger partial charge in [0.2, 0.25) is 0 Å². The van der Waals surface area contributed by atoms with Crippen molar-refractivity contribution in [3.8, 4) is 5.75 Å². The number of nitrogens with one attached hydrogen (secondary N) is 1. The molecule has 2 heterocycles. The molecule has 5 atom stereocenters. The van der Waals surface area contributed by atoms with E-state index in [0.717, 1.165) is 42.8 Å². The Labute approximate surface area is 277 Å². The number of rotatable bonds is 2. The Kier molecular flexibility index (Phi) is 8.63. The molecule has 0 radical (unpaired) electrons. The fourth-order valence-corrected chi connectivity index (χ4v) is 10.2. The fourth-order valence-electron chi connectivity index (χ4n) is 8.43. The van der Waals surface area contributed by atoms with Crippen LogP contribution in [0.1, 0.15) is 73.4 Å². The molecule has 2 aromatic rings. The molecule has 2 saturated carbocycles. The van der Waals surface area contributed by atoms with Gasteiger partial charge in [-0.2, -0.15) is 12.7 Å². The summed E-state index contributed by atoms with van der Waals surface area (Å²) >= 11 is 6.41. The number of aliphatic hydroxyl groups is 1. The maximum absolute atomic E-state index is 13.8. The number of hydrogen-bond acceptors (Lipinski definition) is 7. The molecule has 3 aliphatic carbocycles. The van der Waals surface area contributed by atoms with E-state index >= 15 is 0 Å². The minimum atomic E-state index is -4.19. The highest BCUT2D eigenvalue weighted by molar-refractivity contribution is 7.87. The van der Waals surface area contributed by atoms with Crippen molar-refractivity contribution in [1.82, 2.24) is 9.03 Å². The number of carbonyl (C=O) groups excluding carboxylic acids is 1. The fraction of sp³-hybridized carbons (Fsp3) is 0.571. The SMILES string of the molecule is CO[C@H]1C[C@@H](N2C(C)C/C=C/[C@H](O)[C@@H]3CC[C@H]3CN3C[C@@]4(CCCc5cc(Cl)ccc54)COc4ccc(cc43)C(=O)NS2(=O)=O)C1. The van der Waals surface area contributed by atoms with Crippen molar-refractivity contribution < 1.29 is 27.8 Å². The summed E-state index contributed by atoms with van der Waals surface area (Å²) in [6, 6.07) is 10.7. The average Bonchev–Trinajstić information content (AvgIpc) is 3.12. The van der Waals surface area contributed by atoms with Crippen molar-refractivity contribution in [1.29, 1.82) is 0 Å². The Hall–Kier alpha value is -2.63. The highest BCUT2D eigenvalue weighted by Crippen LogP contribution is 2.47. The van der Waals surface area contributed by atoms with Crippen LogP contribution in [0.3, 0.4) is 0 Å². The number of fused-ring (bicyclic) bond motifs is 4. The standard InChI is InChI=1S/C35H44ClN3O6S/c1-22-5-3-7-32(40)29-11-8-25(29)19-38-20-35(14-4-6-23-15-26(36)10-12-30(23)35)21-45-33-13-9-24(16-31(33)38)34(41)37-46(42,43)39(22)27-17-28(18-27)44-2/h3,7,9-10,12-13,15-16,22,25,27-29,32,40H,4-6,8,11,14,17-21H2,1-2H3,(H,37,41)/b7-3+/t22?,25-,27-,28+,29+,32-,35-/m0/s1. The molecule has 2 fully saturated rings. The van der Waals surface area contributed by atoms with E-state index in [4.69, 9.17) is 21.1 Å². The van der Waals surface area contributed by atoms with E-state index in [9.17, 15) is 18.3 Å². The van der Waals surface area contributed by atoms with Crippen LogP contribution in [0.15, 0.2) is 48.6 Å². The minimum Gasteiger partial charge on any atom is -0.490 e. The van der Waals surface area contributed by atoms with E-state index in [-0.39, 0.29) is 35.0 Å². The summed E-state index contributed by atoms with van der Waals surface area (Å²) in [6.07, 6.45) is 9.52. The highest BCUT2D eigenvalue weighted by Gasteiger charge is 2.45. The van der Waals surface area contributed by atoms with Crippen molar-refractivity contribution >= 4 is 33.4 Å². The van der Waals surface area contributed by atoms with Gasteiger partial charge in [-0.3, -0.25) is 4.79 Å². The van der Waals surface area contributed by atoms with Gasteiger partial charge in [0.05, 0.1) is 24.5 Å². The number of hydrogen-bond donors (Lipinski definition) is 2. The lowest BCUT2D eigenvalue weighted by Gasteiger charge is -2.45. The molecule has 0 aromatic heterocycles. The molecule has 0 saturated heterocycles. The van der Waals surface area contributed by atoms with Gasteiger partial charge in [0.1, 0.15) is 5.75 Å². The molecule has 1 spiro atoms. The van der Waals surface area contributed by atoms with Gasteiger partial charge < -0.3 is 19.5 Å². The summed E-state index contributed by atoms with van der Waals surface area (Å²) in [6.45, 7) is 3.72. The highest BCUT2D eigenvalue weighted by atomic mass is 35.5. The maximum atomic E-state index is 13.8. The van der Waals surface area contributed by atoms with Crippen LogP contribution in [-0.2, 0) is 26.8 Å². The number of carbonyl (C=O) groups is 1. The number of nitrogens with zero attached hydrogens (tertiary/aromatic N) is 2. The third-order valence-electron chi connectivity index (χ3n) is 11.2. The summed E-state index contributed by atoms with van der Waals surface area (Å²) in [5.41, 5.74) is 3.26. The van der Waals surface area contributed by atoms with Gasteiger partial charge in [-0.25, -0.2) is 4.72 Å². The lowest BCUT2D eigenvalue weighted by atomic mass is 9.68. The van der Waals surface area contributed by atoms with Gasteiger partial charge in [0, 0.05) is 48.3 Å². The predicted molar refractivity (Wildman–Crippen MR) is 178 cm³/mol. The van der Waals surface area contributed by atoms with Gasteiger partial charge in [-0.1, -0.05) is 29.8 Å². The molecule has 9 nitrogen and oxygen atoms in total. The van der Waals surface area contributed by atoms with Crippen molar-refractivity contribution in [2.75, 3.05) is 31.7 Å². The lowest BCUT2D eigenvalue weighted by Crippen LogP contribution is -2.57. The molecular formula is C35H44ClN3O6S. The van der Waals surface area contributed by atoms with Gasteiger partial charge >= 0.3 is 10.2 Å². The Balaban J connectivity index is 1.27. The number of methoxy groups -OCH3 is 1. The number of ether oxygens (including phenoxy) is 2. The molecule has 11 heteroatoms. The van der Waals surface area contributed by atoms with Crippen LogP contribution < -0.4 is 14.4 Å². The summed E-state index contributed by atoms with van der Waals surface area (Å²) < 4.78 is 43.5. The zero-order valence-corrected chi connectivity index (χ0v) is 28.1. The minimum absolute atomic E-state index is 0.0108. The van der Waals surface area contributed by atoms with Crippen LogP contribution in [0.2, 0.25) is 5.02 Å². The second kappa shape index (κ2) is 12.4. The monoisotopic (exact) mass is 669 g/mol. The molecule has 2 bridgehead atoms. The Morgan fingerprint density at radius 3 is 2.74 bits per heavy atom. The molecule has 2 aromatic carbocycles. The summed E-state index contributed by atoms with van der Waals surface area (Å²) in [5, 5.41) is 12.0. The third kappa shape index (κ3) is 5.85. The Bertz CT molecular complexity index is 1630. The first-order chi connectivity index (χ1) is 22.1. The van der Waals surface area contributed by atoms with E-state index in [1.807, 2.05) is 25.1 Å². The second-order valence-electron chi connectivity index (χ2n) is 14.0. The van der Waals surface area contributed by atoms with Crippen LogP contribution in [0.25, 0.3) is 0 Å². The van der Waals surface area contributed by atoms with Crippen LogP contribution in [0.5, 0.6) is 5.75 Å². The molecule has 2 aliphatic heterocycles. The zero-order valence-electron chi connectivity index (χ0n) is 26.5.